The van der Waals surface area contributed by atoms with Crippen LogP contribution in [0.1, 0.15) is 5.56 Å². The van der Waals surface area contributed by atoms with Gasteiger partial charge in [0.15, 0.2) is 0 Å². The molecule has 0 bridgehead atoms. The fraction of sp³-hybridized carbons (Fsp3) is 0.286. The smallest absolute Gasteiger partial charge is 0.354 e. The minimum atomic E-state index is -3.94. The molecule has 0 radical (unpaired) electrons. The summed E-state index contributed by atoms with van der Waals surface area (Å²) >= 11 is 0. The number of benzene rings is 1. The van der Waals surface area contributed by atoms with Crippen LogP contribution in [0, 0.1) is 17.0 Å². The fourth-order valence-corrected chi connectivity index (χ4v) is 2.78. The molecule has 0 saturated carbocycles. The molecule has 3 N–H and O–H groups in total. The van der Waals surface area contributed by atoms with Crippen molar-refractivity contribution in [1.29, 1.82) is 0 Å². The highest BCUT2D eigenvalue weighted by Crippen LogP contribution is 2.28. The van der Waals surface area contributed by atoms with Gasteiger partial charge in [0.05, 0.1) is 16.4 Å². The maximum atomic E-state index is 12.3. The van der Waals surface area contributed by atoms with Crippen LogP contribution in [0.25, 0.3) is 0 Å². The van der Waals surface area contributed by atoms with Gasteiger partial charge in [0.2, 0.25) is 11.6 Å². The Labute approximate surface area is 150 Å². The Kier molecular flexibility index (Phi) is 6.38. The van der Waals surface area contributed by atoms with Crippen LogP contribution in [0.5, 0.6) is 0 Å². The van der Waals surface area contributed by atoms with Gasteiger partial charge in [-0.15, -0.1) is 4.83 Å². The first-order valence-electron chi connectivity index (χ1n) is 7.42. The molecule has 0 aliphatic carbocycles. The molecule has 1 aromatic heterocycles. The van der Waals surface area contributed by atoms with Gasteiger partial charge >= 0.3 is 5.69 Å². The van der Waals surface area contributed by atoms with Crippen molar-refractivity contribution in [3.63, 3.8) is 0 Å². The summed E-state index contributed by atoms with van der Waals surface area (Å²) in [6.07, 6.45) is 1.07. The van der Waals surface area contributed by atoms with E-state index in [2.05, 4.69) is 25.5 Å². The first kappa shape index (κ1) is 19.5. The summed E-state index contributed by atoms with van der Waals surface area (Å²) in [5.41, 5.74) is 2.68. The second kappa shape index (κ2) is 8.51. The van der Waals surface area contributed by atoms with E-state index in [1.165, 1.54) is 19.2 Å². The van der Waals surface area contributed by atoms with E-state index in [4.69, 9.17) is 4.74 Å². The first-order chi connectivity index (χ1) is 12.3. The Balaban J connectivity index is 2.21. The number of ether oxygens (including phenoxy) is 1. The maximum Gasteiger partial charge on any atom is 0.354 e. The van der Waals surface area contributed by atoms with Crippen LogP contribution in [0.2, 0.25) is 0 Å². The Morgan fingerprint density at radius 1 is 1.19 bits per heavy atom. The number of hydrazine groups is 1. The number of sulfonamides is 1. The largest absolute Gasteiger partial charge is 0.383 e. The predicted octanol–water partition coefficient (Wildman–Crippen LogP) is 1.06. The number of rotatable bonds is 9. The van der Waals surface area contributed by atoms with Gasteiger partial charge < -0.3 is 10.1 Å². The lowest BCUT2D eigenvalue weighted by atomic mass is 10.2. The quantitative estimate of drug-likeness (QED) is 0.329. The first-order valence-corrected chi connectivity index (χ1v) is 8.90. The van der Waals surface area contributed by atoms with Crippen LogP contribution in [0.3, 0.4) is 0 Å². The maximum absolute atomic E-state index is 12.3. The van der Waals surface area contributed by atoms with Gasteiger partial charge in [-0.25, -0.2) is 18.4 Å². The zero-order valence-electron chi connectivity index (χ0n) is 14.1. The second-order valence-electron chi connectivity index (χ2n) is 5.14. The molecule has 0 unspecified atom stereocenters. The molecule has 140 valence electrons. The number of nitrogens with zero attached hydrogens (tertiary/aromatic N) is 3. The number of aryl methyl sites for hydroxylation is 1. The van der Waals surface area contributed by atoms with Crippen molar-refractivity contribution in [2.24, 2.45) is 0 Å². The van der Waals surface area contributed by atoms with E-state index < -0.39 is 20.6 Å². The Hall–Kier alpha value is -2.83. The average Bonchev–Trinajstić information content (AvgIpc) is 2.60. The molecule has 0 atom stereocenters. The SMILES string of the molecule is COCCNc1ncnc(NNS(=O)(=O)c2ccc(C)cc2)c1[N+](=O)[O-]. The molecule has 0 aliphatic rings. The van der Waals surface area contributed by atoms with Crippen LogP contribution < -0.4 is 15.6 Å². The van der Waals surface area contributed by atoms with Gasteiger partial charge in [-0.1, -0.05) is 17.7 Å². The van der Waals surface area contributed by atoms with E-state index in [1.54, 1.807) is 12.1 Å². The molecule has 0 fully saturated rings. The number of hydrogen-bond donors (Lipinski definition) is 3. The van der Waals surface area contributed by atoms with E-state index in [1.807, 2.05) is 6.92 Å². The molecule has 11 nitrogen and oxygen atoms in total. The molecule has 2 rings (SSSR count). The lowest BCUT2D eigenvalue weighted by Gasteiger charge is -2.11. The van der Waals surface area contributed by atoms with Crippen molar-refractivity contribution in [2.75, 3.05) is 31.0 Å². The fourth-order valence-electron chi connectivity index (χ4n) is 1.94. The Bertz CT molecular complexity index is 872. The molecule has 1 heterocycles. The highest BCUT2D eigenvalue weighted by atomic mass is 32.2. The van der Waals surface area contributed by atoms with Crippen molar-refractivity contribution >= 4 is 27.3 Å². The molecule has 0 spiro atoms. The number of nitrogens with one attached hydrogen (secondary N) is 3. The third-order valence-electron chi connectivity index (χ3n) is 3.24. The van der Waals surface area contributed by atoms with Crippen LogP contribution in [0.4, 0.5) is 17.3 Å². The third kappa shape index (κ3) is 4.84. The standard InChI is InChI=1S/C14H18N6O5S/c1-10-3-5-11(6-4-10)26(23,24)19-18-14-12(20(21)22)13(16-9-17-14)15-7-8-25-2/h3-6,9,19H,7-8H2,1-2H3,(H2,15,16,17,18). The molecule has 2 aromatic rings. The molecule has 0 aliphatic heterocycles. The van der Waals surface area contributed by atoms with Crippen LogP contribution in [-0.2, 0) is 14.8 Å². The number of anilines is 2. The zero-order valence-corrected chi connectivity index (χ0v) is 14.9. The van der Waals surface area contributed by atoms with Crippen molar-refractivity contribution in [1.82, 2.24) is 14.8 Å². The highest BCUT2D eigenvalue weighted by molar-refractivity contribution is 7.89. The minimum absolute atomic E-state index is 0.00533. The van der Waals surface area contributed by atoms with E-state index in [9.17, 15) is 18.5 Å². The third-order valence-corrected chi connectivity index (χ3v) is 4.50. The predicted molar refractivity (Wildman–Crippen MR) is 94.2 cm³/mol. The Morgan fingerprint density at radius 3 is 2.46 bits per heavy atom. The van der Waals surface area contributed by atoms with Crippen molar-refractivity contribution in [3.05, 3.63) is 46.3 Å². The number of hydrogen-bond acceptors (Lipinski definition) is 9. The molecule has 1 aromatic carbocycles. The molecule has 0 amide bonds. The number of methoxy groups -OCH3 is 1. The van der Waals surface area contributed by atoms with Crippen molar-refractivity contribution in [2.45, 2.75) is 11.8 Å². The summed E-state index contributed by atoms with van der Waals surface area (Å²) in [5, 5.41) is 14.1. The van der Waals surface area contributed by atoms with E-state index in [-0.39, 0.29) is 23.1 Å². The summed E-state index contributed by atoms with van der Waals surface area (Å²) in [6, 6.07) is 6.12. The summed E-state index contributed by atoms with van der Waals surface area (Å²) < 4.78 is 29.4. The summed E-state index contributed by atoms with van der Waals surface area (Å²) in [7, 11) is -2.45. The number of nitro groups is 1. The van der Waals surface area contributed by atoms with Gasteiger partial charge in [0.25, 0.3) is 10.0 Å². The zero-order chi connectivity index (χ0) is 19.2. The van der Waals surface area contributed by atoms with Gasteiger partial charge in [0, 0.05) is 13.7 Å². The monoisotopic (exact) mass is 382 g/mol. The van der Waals surface area contributed by atoms with E-state index in [0.717, 1.165) is 11.9 Å². The second-order valence-corrected chi connectivity index (χ2v) is 6.82. The normalized spacial score (nSPS) is 11.2. The van der Waals surface area contributed by atoms with Crippen LogP contribution >= 0.6 is 0 Å². The van der Waals surface area contributed by atoms with E-state index in [0.29, 0.717) is 6.61 Å². The number of aromatic nitrogens is 2. The lowest BCUT2D eigenvalue weighted by molar-refractivity contribution is -0.383. The molecule has 26 heavy (non-hydrogen) atoms. The van der Waals surface area contributed by atoms with Gasteiger partial charge in [-0.05, 0) is 19.1 Å². The van der Waals surface area contributed by atoms with Crippen LogP contribution in [-0.4, -0.2) is 43.6 Å². The van der Waals surface area contributed by atoms with Gasteiger partial charge in [-0.2, -0.15) is 0 Å². The van der Waals surface area contributed by atoms with E-state index >= 15 is 0 Å². The van der Waals surface area contributed by atoms with Crippen molar-refractivity contribution in [3.8, 4) is 0 Å². The lowest BCUT2D eigenvalue weighted by Crippen LogP contribution is -2.30. The summed E-state index contributed by atoms with van der Waals surface area (Å²) in [5.74, 6) is -0.348. The summed E-state index contributed by atoms with van der Waals surface area (Å²) in [6.45, 7) is 2.41. The van der Waals surface area contributed by atoms with Crippen LogP contribution in [0.15, 0.2) is 35.5 Å². The topological polar surface area (TPSA) is 148 Å². The molecule has 12 heteroatoms. The molecule has 0 saturated heterocycles. The average molecular weight is 382 g/mol. The van der Waals surface area contributed by atoms with Crippen molar-refractivity contribution < 1.29 is 18.1 Å². The van der Waals surface area contributed by atoms with Gasteiger partial charge in [-0.3, -0.25) is 15.5 Å². The minimum Gasteiger partial charge on any atom is -0.383 e. The summed E-state index contributed by atoms with van der Waals surface area (Å²) in [4.78, 5) is 20.3. The highest BCUT2D eigenvalue weighted by Gasteiger charge is 2.24. The molecular weight excluding hydrogens is 364 g/mol. The molecular formula is C14H18N6O5S. The van der Waals surface area contributed by atoms with Gasteiger partial charge in [0.1, 0.15) is 6.33 Å². The Morgan fingerprint density at radius 2 is 1.85 bits per heavy atom.